The van der Waals surface area contributed by atoms with E-state index in [0.29, 0.717) is 0 Å². The summed E-state index contributed by atoms with van der Waals surface area (Å²) in [6, 6.07) is 16.7. The largest absolute Gasteiger partial charge is 0.256 e. The highest BCUT2D eigenvalue weighted by Gasteiger charge is 1.92. The molecule has 0 heterocycles. The van der Waals surface area contributed by atoms with Crippen LogP contribution in [0.4, 0.5) is 5.69 Å². The first-order chi connectivity index (χ1) is 8.28. The second-order valence-corrected chi connectivity index (χ2v) is 4.19. The molecule has 2 aromatic carbocycles. The van der Waals surface area contributed by atoms with Crippen molar-refractivity contribution in [3.8, 4) is 0 Å². The number of hydrogen-bond acceptors (Lipinski definition) is 1. The lowest BCUT2D eigenvalue weighted by Crippen LogP contribution is -1.84. The third-order valence-corrected chi connectivity index (χ3v) is 2.76. The van der Waals surface area contributed by atoms with Gasteiger partial charge in [0.1, 0.15) is 0 Å². The van der Waals surface area contributed by atoms with Gasteiger partial charge in [-0.15, -0.1) is 0 Å². The molecule has 0 saturated heterocycles. The van der Waals surface area contributed by atoms with Crippen molar-refractivity contribution in [2.45, 2.75) is 20.3 Å². The molecular weight excluding hydrogens is 206 g/mol. The van der Waals surface area contributed by atoms with E-state index in [-0.39, 0.29) is 0 Å². The fourth-order valence-corrected chi connectivity index (χ4v) is 1.67. The first-order valence-electron chi connectivity index (χ1n) is 5.97. The Labute approximate surface area is 103 Å². The minimum Gasteiger partial charge on any atom is -0.256 e. The molecule has 0 aliphatic heterocycles. The molecule has 0 radical (unpaired) electrons. The number of aliphatic imine (C=N–C) groups is 1. The van der Waals surface area contributed by atoms with Crippen LogP contribution in [0.5, 0.6) is 0 Å². The van der Waals surface area contributed by atoms with E-state index < -0.39 is 0 Å². The number of benzene rings is 2. The first-order valence-corrected chi connectivity index (χ1v) is 5.97. The first kappa shape index (κ1) is 11.6. The summed E-state index contributed by atoms with van der Waals surface area (Å²) >= 11 is 0. The minimum absolute atomic E-state index is 0.998. The highest BCUT2D eigenvalue weighted by molar-refractivity contribution is 5.82. The van der Waals surface area contributed by atoms with Crippen molar-refractivity contribution in [3.05, 3.63) is 65.2 Å². The van der Waals surface area contributed by atoms with Crippen LogP contribution in [0, 0.1) is 6.92 Å². The Bertz CT molecular complexity index is 509. The molecule has 0 unspecified atom stereocenters. The van der Waals surface area contributed by atoms with Crippen molar-refractivity contribution >= 4 is 11.9 Å². The van der Waals surface area contributed by atoms with Crippen molar-refractivity contribution in [2.75, 3.05) is 0 Å². The molecule has 0 amide bonds. The van der Waals surface area contributed by atoms with Crippen LogP contribution < -0.4 is 0 Å². The Kier molecular flexibility index (Phi) is 3.71. The van der Waals surface area contributed by atoms with Crippen LogP contribution in [0.2, 0.25) is 0 Å². The van der Waals surface area contributed by atoms with E-state index in [0.717, 1.165) is 17.7 Å². The predicted octanol–water partition coefficient (Wildman–Crippen LogP) is 4.31. The predicted molar refractivity (Wildman–Crippen MR) is 74.3 cm³/mol. The normalized spacial score (nSPS) is 10.9. The van der Waals surface area contributed by atoms with E-state index in [1.54, 1.807) is 0 Å². The van der Waals surface area contributed by atoms with E-state index in [1.165, 1.54) is 11.1 Å². The van der Waals surface area contributed by atoms with E-state index in [4.69, 9.17) is 0 Å². The third-order valence-electron chi connectivity index (χ3n) is 2.76. The van der Waals surface area contributed by atoms with Crippen LogP contribution >= 0.6 is 0 Å². The molecule has 0 saturated carbocycles. The summed E-state index contributed by atoms with van der Waals surface area (Å²) in [4.78, 5) is 4.47. The zero-order valence-electron chi connectivity index (χ0n) is 10.4. The topological polar surface area (TPSA) is 12.4 Å². The van der Waals surface area contributed by atoms with Crippen molar-refractivity contribution in [1.82, 2.24) is 0 Å². The summed E-state index contributed by atoms with van der Waals surface area (Å²) in [6.45, 7) is 4.24. The van der Waals surface area contributed by atoms with Gasteiger partial charge in [-0.05, 0) is 36.6 Å². The fraction of sp³-hybridized carbons (Fsp3) is 0.188. The quantitative estimate of drug-likeness (QED) is 0.688. The van der Waals surface area contributed by atoms with E-state index >= 15 is 0 Å². The third kappa shape index (κ3) is 3.28. The summed E-state index contributed by atoms with van der Waals surface area (Å²) in [7, 11) is 0. The molecule has 0 N–H and O–H groups in total. The van der Waals surface area contributed by atoms with E-state index in [2.05, 4.69) is 55.2 Å². The van der Waals surface area contributed by atoms with Gasteiger partial charge in [-0.2, -0.15) is 0 Å². The van der Waals surface area contributed by atoms with Crippen LogP contribution in [0.1, 0.15) is 23.6 Å². The van der Waals surface area contributed by atoms with Crippen LogP contribution in [0.25, 0.3) is 0 Å². The SMILES string of the molecule is CCc1cccc(C=Nc2ccc(C)cc2)c1. The van der Waals surface area contributed by atoms with Gasteiger partial charge >= 0.3 is 0 Å². The lowest BCUT2D eigenvalue weighted by molar-refractivity contribution is 1.14. The second-order valence-electron chi connectivity index (χ2n) is 4.19. The van der Waals surface area contributed by atoms with Gasteiger partial charge in [-0.25, -0.2) is 0 Å². The van der Waals surface area contributed by atoms with Gasteiger partial charge in [0, 0.05) is 6.21 Å². The molecule has 0 bridgehead atoms. The van der Waals surface area contributed by atoms with Gasteiger partial charge in [-0.1, -0.05) is 48.9 Å². The molecule has 0 aromatic heterocycles. The molecule has 0 atom stereocenters. The smallest absolute Gasteiger partial charge is 0.0630 e. The molecule has 0 fully saturated rings. The Morgan fingerprint density at radius 1 is 1.06 bits per heavy atom. The van der Waals surface area contributed by atoms with E-state index in [1.807, 2.05) is 18.3 Å². The van der Waals surface area contributed by atoms with Gasteiger partial charge in [0.05, 0.1) is 5.69 Å². The van der Waals surface area contributed by atoms with Crippen LogP contribution in [0.3, 0.4) is 0 Å². The highest BCUT2D eigenvalue weighted by Crippen LogP contribution is 2.13. The van der Waals surface area contributed by atoms with Gasteiger partial charge < -0.3 is 0 Å². The van der Waals surface area contributed by atoms with Crippen molar-refractivity contribution in [2.24, 2.45) is 4.99 Å². The van der Waals surface area contributed by atoms with Crippen LogP contribution in [0.15, 0.2) is 53.5 Å². The van der Waals surface area contributed by atoms with Gasteiger partial charge in [0.2, 0.25) is 0 Å². The maximum Gasteiger partial charge on any atom is 0.0630 e. The lowest BCUT2D eigenvalue weighted by atomic mass is 10.1. The standard InChI is InChI=1S/C16H17N/c1-3-14-5-4-6-15(11-14)12-17-16-9-7-13(2)8-10-16/h4-12H,3H2,1-2H3. The summed E-state index contributed by atoms with van der Waals surface area (Å²) in [6.07, 6.45) is 2.98. The lowest BCUT2D eigenvalue weighted by Gasteiger charge is -1.98. The average molecular weight is 223 g/mol. The monoisotopic (exact) mass is 223 g/mol. The fourth-order valence-electron chi connectivity index (χ4n) is 1.67. The van der Waals surface area contributed by atoms with Crippen molar-refractivity contribution in [3.63, 3.8) is 0 Å². The molecule has 17 heavy (non-hydrogen) atoms. The molecule has 1 nitrogen and oxygen atoms in total. The van der Waals surface area contributed by atoms with Crippen LogP contribution in [-0.2, 0) is 6.42 Å². The maximum atomic E-state index is 4.47. The van der Waals surface area contributed by atoms with Crippen molar-refractivity contribution < 1.29 is 0 Å². The van der Waals surface area contributed by atoms with Gasteiger partial charge in [0.25, 0.3) is 0 Å². The van der Waals surface area contributed by atoms with Gasteiger partial charge in [0.15, 0.2) is 0 Å². The highest BCUT2D eigenvalue weighted by atomic mass is 14.7. The Balaban J connectivity index is 2.16. The Hall–Kier alpha value is -1.89. The van der Waals surface area contributed by atoms with Crippen LogP contribution in [-0.4, -0.2) is 6.21 Å². The molecule has 2 rings (SSSR count). The van der Waals surface area contributed by atoms with Crippen molar-refractivity contribution in [1.29, 1.82) is 0 Å². The zero-order valence-corrected chi connectivity index (χ0v) is 10.4. The molecule has 1 heteroatoms. The number of aryl methyl sites for hydroxylation is 2. The number of nitrogens with zero attached hydrogens (tertiary/aromatic N) is 1. The van der Waals surface area contributed by atoms with E-state index in [9.17, 15) is 0 Å². The molecule has 0 aliphatic rings. The molecular formula is C16H17N. The molecule has 0 spiro atoms. The summed E-state index contributed by atoms with van der Waals surface area (Å²) in [5, 5.41) is 0. The molecule has 86 valence electrons. The number of hydrogen-bond donors (Lipinski definition) is 0. The number of rotatable bonds is 3. The maximum absolute atomic E-state index is 4.47. The molecule has 0 aliphatic carbocycles. The summed E-state index contributed by atoms with van der Waals surface area (Å²) < 4.78 is 0. The zero-order chi connectivity index (χ0) is 12.1. The summed E-state index contributed by atoms with van der Waals surface area (Å²) in [5.41, 5.74) is 4.76. The second kappa shape index (κ2) is 5.44. The summed E-state index contributed by atoms with van der Waals surface area (Å²) in [5.74, 6) is 0. The van der Waals surface area contributed by atoms with Gasteiger partial charge in [-0.3, -0.25) is 4.99 Å². The minimum atomic E-state index is 0.998. The molecule has 2 aromatic rings. The Morgan fingerprint density at radius 3 is 2.53 bits per heavy atom. The average Bonchev–Trinajstić information content (AvgIpc) is 2.38. The Morgan fingerprint density at radius 2 is 1.82 bits per heavy atom.